The average molecular weight is 606 g/mol. The first-order valence-electron chi connectivity index (χ1n) is 17.3. The van der Waals surface area contributed by atoms with E-state index < -0.39 is 0 Å². The van der Waals surface area contributed by atoms with Crippen molar-refractivity contribution in [3.8, 4) is 11.5 Å². The Morgan fingerprint density at radius 3 is 2.55 bits per heavy atom. The molecule has 3 saturated carbocycles. The molecule has 5 rings (SSSR count). The molecule has 0 spiro atoms. The molecule has 0 unspecified atom stereocenters. The Hall–Kier alpha value is -2.80. The molecule has 6 atom stereocenters. The Labute approximate surface area is 264 Å². The second-order valence-electron chi connectivity index (χ2n) is 14.0. The normalized spacial score (nSPS) is 29.0. The zero-order valence-electron chi connectivity index (χ0n) is 27.2. The molecule has 0 heterocycles. The fraction of sp³-hybridized carbons (Fsp3) is 0.676. The standard InChI is InChI=1S/C37H55N3O4/c1-4-5-6-9-26(41)15-13-24-19-32(36(42)34(20-24)44-27-10-7-8-11-27)35-31-18-23(2)12-16-29(31)28-17-14-25(40-37(38)39)21-30(28)33(35)22-43-3/h6,9,19-20,23,25,27,30-31,33,35,42H,4-5,7-8,10-18,21-22H2,1-3H3,(H4,38,39,40)/t23-,25-,30-,31-,33-,35+/m0/s1. The number of methoxy groups -OCH3 is 1. The van der Waals surface area contributed by atoms with E-state index in [2.05, 4.69) is 24.9 Å². The van der Waals surface area contributed by atoms with Crippen molar-refractivity contribution in [2.45, 2.75) is 122 Å². The van der Waals surface area contributed by atoms with Crippen molar-refractivity contribution < 1.29 is 19.4 Å². The number of allylic oxidation sites excluding steroid dienone is 4. The number of carbonyl (C=O) groups excluding carboxylic acids is 1. The highest BCUT2D eigenvalue weighted by molar-refractivity contribution is 5.89. The van der Waals surface area contributed by atoms with Gasteiger partial charge in [-0.3, -0.25) is 9.79 Å². The fourth-order valence-corrected chi connectivity index (χ4v) is 8.77. The quantitative estimate of drug-likeness (QED) is 0.101. The number of rotatable bonds is 12. The van der Waals surface area contributed by atoms with Crippen LogP contribution >= 0.6 is 0 Å². The first kappa shape index (κ1) is 32.6. The summed E-state index contributed by atoms with van der Waals surface area (Å²) in [5.74, 6) is 2.70. The van der Waals surface area contributed by atoms with E-state index in [1.165, 1.54) is 6.42 Å². The van der Waals surface area contributed by atoms with Gasteiger partial charge in [-0.05, 0) is 124 Å². The van der Waals surface area contributed by atoms with Crippen LogP contribution in [0.1, 0.15) is 114 Å². The van der Waals surface area contributed by atoms with Crippen LogP contribution in [0.4, 0.5) is 0 Å². The van der Waals surface area contributed by atoms with Crippen molar-refractivity contribution in [2.75, 3.05) is 13.7 Å². The predicted molar refractivity (Wildman–Crippen MR) is 177 cm³/mol. The van der Waals surface area contributed by atoms with Gasteiger partial charge in [-0.2, -0.15) is 0 Å². The number of hydrogen-bond donors (Lipinski definition) is 3. The van der Waals surface area contributed by atoms with Crippen LogP contribution in [0.25, 0.3) is 0 Å². The van der Waals surface area contributed by atoms with E-state index in [1.54, 1.807) is 24.3 Å². The molecule has 0 radical (unpaired) electrons. The van der Waals surface area contributed by atoms with E-state index in [-0.39, 0.29) is 41.5 Å². The summed E-state index contributed by atoms with van der Waals surface area (Å²) in [4.78, 5) is 17.3. The first-order valence-corrected chi connectivity index (χ1v) is 17.3. The van der Waals surface area contributed by atoms with Crippen LogP contribution < -0.4 is 16.2 Å². The number of phenols is 1. The zero-order chi connectivity index (χ0) is 31.2. The molecule has 7 nitrogen and oxygen atoms in total. The Morgan fingerprint density at radius 2 is 1.82 bits per heavy atom. The monoisotopic (exact) mass is 605 g/mol. The number of ether oxygens (including phenoxy) is 2. The molecule has 0 saturated heterocycles. The minimum atomic E-state index is 0.0884. The number of aryl methyl sites for hydroxylation is 1. The molecule has 0 amide bonds. The minimum Gasteiger partial charge on any atom is -0.504 e. The number of nitrogens with zero attached hydrogens (tertiary/aromatic N) is 1. The van der Waals surface area contributed by atoms with Crippen LogP contribution in [0.5, 0.6) is 11.5 Å². The Bertz CT molecular complexity index is 1240. The topological polar surface area (TPSA) is 120 Å². The summed E-state index contributed by atoms with van der Waals surface area (Å²) in [6.45, 7) is 5.09. The van der Waals surface area contributed by atoms with Crippen LogP contribution in [0.2, 0.25) is 0 Å². The van der Waals surface area contributed by atoms with Crippen LogP contribution in [0, 0.1) is 23.7 Å². The fourth-order valence-electron chi connectivity index (χ4n) is 8.77. The largest absolute Gasteiger partial charge is 0.504 e. The molecule has 1 aromatic rings. The van der Waals surface area contributed by atoms with E-state index in [0.29, 0.717) is 43.0 Å². The molecular weight excluding hydrogens is 550 g/mol. The number of aliphatic imine (C=N–C) groups is 1. The lowest BCUT2D eigenvalue weighted by Crippen LogP contribution is -2.43. The second-order valence-corrected chi connectivity index (χ2v) is 14.0. The summed E-state index contributed by atoms with van der Waals surface area (Å²) < 4.78 is 12.5. The molecule has 4 aliphatic rings. The van der Waals surface area contributed by atoms with Gasteiger partial charge in [0, 0.05) is 19.1 Å². The number of ketones is 1. The average Bonchev–Trinajstić information content (AvgIpc) is 3.51. The minimum absolute atomic E-state index is 0.0884. The lowest BCUT2D eigenvalue weighted by Gasteiger charge is -2.51. The van der Waals surface area contributed by atoms with E-state index >= 15 is 0 Å². The van der Waals surface area contributed by atoms with Gasteiger partial charge in [-0.1, -0.05) is 43.6 Å². The van der Waals surface area contributed by atoms with E-state index in [1.807, 2.05) is 12.1 Å². The maximum atomic E-state index is 12.7. The zero-order valence-corrected chi connectivity index (χ0v) is 27.2. The van der Waals surface area contributed by atoms with Crippen molar-refractivity contribution in [1.29, 1.82) is 0 Å². The molecule has 5 N–H and O–H groups in total. The number of carbonyl (C=O) groups is 1. The van der Waals surface area contributed by atoms with Gasteiger partial charge in [0.15, 0.2) is 23.2 Å². The molecule has 7 heteroatoms. The molecule has 1 aromatic carbocycles. The highest BCUT2D eigenvalue weighted by Crippen LogP contribution is 2.59. The third-order valence-electron chi connectivity index (χ3n) is 10.8. The highest BCUT2D eigenvalue weighted by atomic mass is 16.5. The van der Waals surface area contributed by atoms with Gasteiger partial charge in [0.25, 0.3) is 0 Å². The van der Waals surface area contributed by atoms with Gasteiger partial charge in [0.1, 0.15) is 0 Å². The SMILES string of the molecule is CCCC=CC(=O)CCc1cc(OC2CCCC2)c(O)c([C@@H]2[C@@H](COC)[C@H]3C[C@@H](N=C(N)N)CCC3=C3CC[C@H](C)C[C@@H]32)c1. The molecule has 0 aliphatic heterocycles. The number of unbranched alkanes of at least 4 members (excludes halogenated alkanes) is 1. The van der Waals surface area contributed by atoms with Gasteiger partial charge in [-0.15, -0.1) is 0 Å². The van der Waals surface area contributed by atoms with Crippen LogP contribution in [0.15, 0.2) is 40.4 Å². The smallest absolute Gasteiger partial charge is 0.186 e. The number of guanidine groups is 1. The molecular formula is C37H55N3O4. The summed E-state index contributed by atoms with van der Waals surface area (Å²) in [6.07, 6.45) is 17.5. The van der Waals surface area contributed by atoms with Gasteiger partial charge < -0.3 is 26.0 Å². The van der Waals surface area contributed by atoms with E-state index in [4.69, 9.17) is 20.9 Å². The third-order valence-corrected chi connectivity index (χ3v) is 10.8. The lowest BCUT2D eigenvalue weighted by molar-refractivity contribution is -0.114. The Morgan fingerprint density at radius 1 is 1.07 bits per heavy atom. The van der Waals surface area contributed by atoms with Crippen LogP contribution in [0.3, 0.4) is 0 Å². The lowest BCUT2D eigenvalue weighted by atomic mass is 9.54. The summed E-state index contributed by atoms with van der Waals surface area (Å²) in [7, 11) is 1.79. The third kappa shape index (κ3) is 7.52. The molecule has 44 heavy (non-hydrogen) atoms. The van der Waals surface area contributed by atoms with Gasteiger partial charge in [0.2, 0.25) is 0 Å². The summed E-state index contributed by atoms with van der Waals surface area (Å²) >= 11 is 0. The van der Waals surface area contributed by atoms with Crippen molar-refractivity contribution >= 4 is 11.7 Å². The number of aromatic hydroxyl groups is 1. The van der Waals surface area contributed by atoms with Gasteiger partial charge in [0.05, 0.1) is 18.8 Å². The van der Waals surface area contributed by atoms with Crippen LogP contribution in [-0.4, -0.2) is 42.7 Å². The number of benzene rings is 1. The maximum Gasteiger partial charge on any atom is 0.186 e. The molecule has 0 bridgehead atoms. The molecule has 0 aromatic heterocycles. The number of nitrogens with two attached hydrogens (primary N) is 2. The number of hydrogen-bond acceptors (Lipinski definition) is 5. The van der Waals surface area contributed by atoms with Crippen molar-refractivity contribution in [2.24, 2.45) is 40.1 Å². The number of fused-ring (bicyclic) bond motifs is 2. The molecule has 242 valence electrons. The molecule has 4 aliphatic carbocycles. The summed E-state index contributed by atoms with van der Waals surface area (Å²) in [5.41, 5.74) is 16.9. The van der Waals surface area contributed by atoms with Crippen molar-refractivity contribution in [3.05, 3.63) is 46.6 Å². The van der Waals surface area contributed by atoms with Crippen LogP contribution in [-0.2, 0) is 16.0 Å². The second kappa shape index (κ2) is 15.0. The first-order chi connectivity index (χ1) is 21.3. The highest BCUT2D eigenvalue weighted by Gasteiger charge is 2.48. The Balaban J connectivity index is 1.57. The van der Waals surface area contributed by atoms with Gasteiger partial charge >= 0.3 is 0 Å². The van der Waals surface area contributed by atoms with Crippen molar-refractivity contribution in [3.63, 3.8) is 0 Å². The van der Waals surface area contributed by atoms with Crippen molar-refractivity contribution in [1.82, 2.24) is 0 Å². The summed E-state index contributed by atoms with van der Waals surface area (Å²) in [6, 6.07) is 4.28. The van der Waals surface area contributed by atoms with E-state index in [0.717, 1.165) is 81.8 Å². The van der Waals surface area contributed by atoms with E-state index in [9.17, 15) is 9.90 Å². The summed E-state index contributed by atoms with van der Waals surface area (Å²) in [5, 5.41) is 12.0. The maximum absolute atomic E-state index is 12.7. The Kier molecular flexibility index (Phi) is 11.1. The molecule has 3 fully saturated rings. The number of phenolic OH excluding ortho intramolecular Hbond substituents is 1. The predicted octanol–water partition coefficient (Wildman–Crippen LogP) is 7.11. The van der Waals surface area contributed by atoms with Gasteiger partial charge in [-0.25, -0.2) is 0 Å².